The van der Waals surface area contributed by atoms with Gasteiger partial charge in [-0.15, -0.1) is 11.3 Å². The molecule has 0 radical (unpaired) electrons. The van der Waals surface area contributed by atoms with E-state index in [0.29, 0.717) is 0 Å². The summed E-state index contributed by atoms with van der Waals surface area (Å²) in [7, 11) is 0. The molecule has 2 rings (SSSR count). The van der Waals surface area contributed by atoms with Gasteiger partial charge in [0.2, 0.25) is 0 Å². The molecule has 0 spiro atoms. The molecule has 2 nitrogen and oxygen atoms in total. The summed E-state index contributed by atoms with van der Waals surface area (Å²) in [6.45, 7) is 3.73. The molecule has 0 aromatic carbocycles. The molecule has 0 fully saturated rings. The summed E-state index contributed by atoms with van der Waals surface area (Å²) in [6, 6.07) is 5.79. The second-order valence-electron chi connectivity index (χ2n) is 2.48. The molecule has 3 heteroatoms. The van der Waals surface area contributed by atoms with Gasteiger partial charge in [-0.05, 0) is 18.2 Å². The van der Waals surface area contributed by atoms with Crippen molar-refractivity contribution in [3.8, 4) is 11.4 Å². The Kier molecular flexibility index (Phi) is 2.19. The summed E-state index contributed by atoms with van der Waals surface area (Å²) in [5.41, 5.74) is 3.63. The monoisotopic (exact) mass is 188 g/mol. The van der Waals surface area contributed by atoms with Crippen LogP contribution in [0.15, 0.2) is 36.5 Å². The molecule has 2 heterocycles. The second-order valence-corrected chi connectivity index (χ2v) is 3.37. The lowest BCUT2D eigenvalue weighted by atomic mass is 10.2. The van der Waals surface area contributed by atoms with Gasteiger partial charge in [-0.1, -0.05) is 12.6 Å². The number of pyridine rings is 1. The summed E-state index contributed by atoms with van der Waals surface area (Å²) in [4.78, 5) is 9.54. The van der Waals surface area contributed by atoms with E-state index in [4.69, 9.17) is 0 Å². The van der Waals surface area contributed by atoms with Crippen molar-refractivity contribution >= 4 is 17.4 Å². The van der Waals surface area contributed by atoms with E-state index in [1.165, 1.54) is 0 Å². The first-order valence-electron chi connectivity index (χ1n) is 3.89. The lowest BCUT2D eigenvalue weighted by Gasteiger charge is -1.95. The molecule has 0 atom stereocenters. The second kappa shape index (κ2) is 3.49. The van der Waals surface area contributed by atoms with Crippen molar-refractivity contribution in [3.05, 3.63) is 41.4 Å². The molecule has 0 unspecified atom stereocenters. The van der Waals surface area contributed by atoms with Crippen LogP contribution in [0.25, 0.3) is 17.5 Å². The van der Waals surface area contributed by atoms with Gasteiger partial charge in [-0.3, -0.25) is 4.98 Å². The quantitative estimate of drug-likeness (QED) is 0.724. The number of hydrogen-bond donors (Lipinski definition) is 0. The maximum atomic E-state index is 4.24. The van der Waals surface area contributed by atoms with E-state index in [2.05, 4.69) is 16.5 Å². The van der Waals surface area contributed by atoms with Crippen LogP contribution in [0.4, 0.5) is 0 Å². The number of aromatic nitrogens is 2. The first-order chi connectivity index (χ1) is 6.42. The Morgan fingerprint density at radius 2 is 2.23 bits per heavy atom. The zero-order chi connectivity index (χ0) is 9.10. The molecule has 13 heavy (non-hydrogen) atoms. The van der Waals surface area contributed by atoms with E-state index < -0.39 is 0 Å². The van der Waals surface area contributed by atoms with Gasteiger partial charge in [-0.25, -0.2) is 4.98 Å². The highest BCUT2D eigenvalue weighted by Crippen LogP contribution is 2.23. The van der Waals surface area contributed by atoms with Crippen LogP contribution in [-0.4, -0.2) is 9.97 Å². The smallest absolute Gasteiger partial charge is 0.107 e. The molecule has 0 aliphatic carbocycles. The van der Waals surface area contributed by atoms with Crippen LogP contribution in [0, 0.1) is 0 Å². The third kappa shape index (κ3) is 1.51. The molecule has 2 aromatic rings. The zero-order valence-electron chi connectivity index (χ0n) is 6.97. The minimum absolute atomic E-state index is 0.902. The van der Waals surface area contributed by atoms with Crippen molar-refractivity contribution in [1.29, 1.82) is 0 Å². The highest BCUT2D eigenvalue weighted by molar-refractivity contribution is 7.11. The first-order valence-corrected chi connectivity index (χ1v) is 4.77. The average Bonchev–Trinajstić information content (AvgIpc) is 2.67. The van der Waals surface area contributed by atoms with Crippen LogP contribution in [0.5, 0.6) is 0 Å². The maximum Gasteiger partial charge on any atom is 0.107 e. The number of nitrogens with zero attached hydrogens (tertiary/aromatic N) is 2. The minimum atomic E-state index is 0.902. The van der Waals surface area contributed by atoms with E-state index >= 15 is 0 Å². The third-order valence-corrected chi connectivity index (χ3v) is 2.51. The highest BCUT2D eigenvalue weighted by atomic mass is 32.1. The topological polar surface area (TPSA) is 25.8 Å². The molecule has 0 aliphatic rings. The van der Waals surface area contributed by atoms with Crippen LogP contribution < -0.4 is 0 Å². The fourth-order valence-corrected chi connectivity index (χ4v) is 1.73. The number of thiazole rings is 1. The molecular weight excluding hydrogens is 180 g/mol. The summed E-state index contributed by atoms with van der Waals surface area (Å²) < 4.78 is 0. The van der Waals surface area contributed by atoms with Gasteiger partial charge in [0.1, 0.15) is 5.69 Å². The molecule has 0 bridgehead atoms. The van der Waals surface area contributed by atoms with Gasteiger partial charge >= 0.3 is 0 Å². The van der Waals surface area contributed by atoms with Crippen molar-refractivity contribution in [2.75, 3.05) is 0 Å². The minimum Gasteiger partial charge on any atom is -0.255 e. The SMILES string of the molecule is C=Cc1scnc1-c1ccccn1. The van der Waals surface area contributed by atoms with Crippen molar-refractivity contribution in [3.63, 3.8) is 0 Å². The Bertz CT molecular complexity index is 406. The van der Waals surface area contributed by atoms with Crippen molar-refractivity contribution in [2.24, 2.45) is 0 Å². The Morgan fingerprint density at radius 3 is 2.92 bits per heavy atom. The average molecular weight is 188 g/mol. The van der Waals surface area contributed by atoms with E-state index in [9.17, 15) is 0 Å². The molecule has 0 aliphatic heterocycles. The third-order valence-electron chi connectivity index (χ3n) is 1.69. The lowest BCUT2D eigenvalue weighted by Crippen LogP contribution is -1.82. The number of hydrogen-bond acceptors (Lipinski definition) is 3. The lowest BCUT2D eigenvalue weighted by molar-refractivity contribution is 1.28. The Balaban J connectivity index is 2.52. The predicted octanol–water partition coefficient (Wildman–Crippen LogP) is 2.85. The van der Waals surface area contributed by atoms with Crippen LogP contribution in [0.1, 0.15) is 4.88 Å². The fourth-order valence-electron chi connectivity index (χ4n) is 1.10. The summed E-state index contributed by atoms with van der Waals surface area (Å²) in [6.07, 6.45) is 3.57. The zero-order valence-corrected chi connectivity index (χ0v) is 7.79. The molecule has 64 valence electrons. The normalized spacial score (nSPS) is 9.85. The van der Waals surface area contributed by atoms with Crippen molar-refractivity contribution in [2.45, 2.75) is 0 Å². The molecule has 0 saturated heterocycles. The van der Waals surface area contributed by atoms with E-state index in [0.717, 1.165) is 16.3 Å². The molecule has 0 N–H and O–H groups in total. The van der Waals surface area contributed by atoms with Crippen LogP contribution in [0.2, 0.25) is 0 Å². The van der Waals surface area contributed by atoms with Gasteiger partial charge in [0.25, 0.3) is 0 Å². The van der Waals surface area contributed by atoms with E-state index in [-0.39, 0.29) is 0 Å². The van der Waals surface area contributed by atoms with Gasteiger partial charge in [-0.2, -0.15) is 0 Å². The first kappa shape index (κ1) is 8.13. The fraction of sp³-hybridized carbons (Fsp3) is 0. The van der Waals surface area contributed by atoms with Crippen LogP contribution in [-0.2, 0) is 0 Å². The van der Waals surface area contributed by atoms with Crippen LogP contribution in [0.3, 0.4) is 0 Å². The molecule has 0 amide bonds. The summed E-state index contributed by atoms with van der Waals surface area (Å²) in [5.74, 6) is 0. The Morgan fingerprint density at radius 1 is 1.31 bits per heavy atom. The predicted molar refractivity (Wildman–Crippen MR) is 55.4 cm³/mol. The Hall–Kier alpha value is -1.48. The van der Waals surface area contributed by atoms with Crippen LogP contribution >= 0.6 is 11.3 Å². The van der Waals surface area contributed by atoms with Crippen molar-refractivity contribution < 1.29 is 0 Å². The summed E-state index contributed by atoms with van der Waals surface area (Å²) in [5, 5.41) is 0. The Labute approximate surface area is 80.6 Å². The van der Waals surface area contributed by atoms with Gasteiger partial charge in [0.15, 0.2) is 0 Å². The largest absolute Gasteiger partial charge is 0.255 e. The van der Waals surface area contributed by atoms with E-state index in [1.54, 1.807) is 23.0 Å². The van der Waals surface area contributed by atoms with Crippen molar-refractivity contribution in [1.82, 2.24) is 9.97 Å². The van der Waals surface area contributed by atoms with Gasteiger partial charge < -0.3 is 0 Å². The standard InChI is InChI=1S/C10H8N2S/c1-2-9-10(12-7-13-9)8-5-3-4-6-11-8/h2-7H,1H2. The van der Waals surface area contributed by atoms with E-state index in [1.807, 2.05) is 24.3 Å². The number of rotatable bonds is 2. The molecular formula is C10H8N2S. The van der Waals surface area contributed by atoms with Gasteiger partial charge in [0, 0.05) is 6.20 Å². The molecule has 2 aromatic heterocycles. The molecule has 0 saturated carbocycles. The summed E-state index contributed by atoms with van der Waals surface area (Å²) >= 11 is 1.58. The maximum absolute atomic E-state index is 4.24. The van der Waals surface area contributed by atoms with Gasteiger partial charge in [0.05, 0.1) is 16.1 Å². The highest BCUT2D eigenvalue weighted by Gasteiger charge is 2.05.